The predicted molar refractivity (Wildman–Crippen MR) is 48.6 cm³/mol. The molecule has 0 bridgehead atoms. The van der Waals surface area contributed by atoms with Crippen molar-refractivity contribution in [2.45, 2.75) is 32.6 Å². The van der Waals surface area contributed by atoms with Crippen molar-refractivity contribution in [2.75, 3.05) is 0 Å². The maximum atomic E-state index is 3.27. The molecule has 0 amide bonds. The summed E-state index contributed by atoms with van der Waals surface area (Å²) in [6.07, 6.45) is 2.44. The molecule has 0 heterocycles. The topological polar surface area (TPSA) is 0 Å². The largest absolute Gasteiger partial charge is 0.0648 e. The van der Waals surface area contributed by atoms with E-state index in [0.717, 1.165) is 0 Å². The van der Waals surface area contributed by atoms with Gasteiger partial charge in [-0.15, -0.1) is 0 Å². The van der Waals surface area contributed by atoms with Crippen LogP contribution in [0.2, 0.25) is 0 Å². The lowest BCUT2D eigenvalue weighted by Crippen LogP contribution is -1.94. The molecule has 0 aliphatic heterocycles. The smallest absolute Gasteiger partial charge is 0.0146 e. The first-order valence-corrected chi connectivity index (χ1v) is 4.35. The second-order valence-corrected chi connectivity index (χ2v) is 2.83. The summed E-state index contributed by atoms with van der Waals surface area (Å²) in [5.74, 6) is 0.705. The highest BCUT2D eigenvalue weighted by Crippen LogP contribution is 2.21. The highest BCUT2D eigenvalue weighted by molar-refractivity contribution is 5.17. The van der Waals surface area contributed by atoms with Crippen LogP contribution in [0.25, 0.3) is 0 Å². The molecule has 0 aromatic heterocycles. The first kappa shape index (κ1) is 8.32. The lowest BCUT2D eigenvalue weighted by atomic mass is 9.94. The SMILES string of the molecule is CCC(CC)c1[c]cccc1. The van der Waals surface area contributed by atoms with E-state index in [1.165, 1.54) is 18.4 Å². The highest BCUT2D eigenvalue weighted by atomic mass is 14.1. The Kier molecular flexibility index (Phi) is 3.15. The monoisotopic (exact) mass is 147 g/mol. The van der Waals surface area contributed by atoms with Gasteiger partial charge in [-0.05, 0) is 30.4 Å². The van der Waals surface area contributed by atoms with Gasteiger partial charge >= 0.3 is 0 Å². The Morgan fingerprint density at radius 3 is 2.45 bits per heavy atom. The molecular formula is C11H15. The van der Waals surface area contributed by atoms with Crippen molar-refractivity contribution in [1.29, 1.82) is 0 Å². The summed E-state index contributed by atoms with van der Waals surface area (Å²) >= 11 is 0. The van der Waals surface area contributed by atoms with Gasteiger partial charge in [0.25, 0.3) is 0 Å². The van der Waals surface area contributed by atoms with Crippen LogP contribution in [0.15, 0.2) is 24.3 Å². The second kappa shape index (κ2) is 4.17. The fraction of sp³-hybridized carbons (Fsp3) is 0.455. The molecule has 0 N–H and O–H groups in total. The van der Waals surface area contributed by atoms with Gasteiger partial charge in [0, 0.05) is 0 Å². The van der Waals surface area contributed by atoms with Crippen LogP contribution in [0.5, 0.6) is 0 Å². The van der Waals surface area contributed by atoms with Crippen molar-refractivity contribution in [3.63, 3.8) is 0 Å². The Morgan fingerprint density at radius 2 is 2.00 bits per heavy atom. The van der Waals surface area contributed by atoms with Gasteiger partial charge in [-0.25, -0.2) is 0 Å². The standard InChI is InChI=1S/C11H15/c1-3-10(4-2)11-8-6-5-7-9-11/h5-8,10H,3-4H2,1-2H3. The average molecular weight is 147 g/mol. The van der Waals surface area contributed by atoms with E-state index >= 15 is 0 Å². The van der Waals surface area contributed by atoms with Crippen LogP contribution in [0.4, 0.5) is 0 Å². The molecule has 0 nitrogen and oxygen atoms in total. The highest BCUT2D eigenvalue weighted by Gasteiger charge is 2.04. The first-order chi connectivity index (χ1) is 5.38. The summed E-state index contributed by atoms with van der Waals surface area (Å²) in [7, 11) is 0. The van der Waals surface area contributed by atoms with E-state index in [9.17, 15) is 0 Å². The zero-order chi connectivity index (χ0) is 8.10. The molecule has 0 unspecified atom stereocenters. The number of rotatable bonds is 3. The summed E-state index contributed by atoms with van der Waals surface area (Å²) < 4.78 is 0. The van der Waals surface area contributed by atoms with E-state index in [-0.39, 0.29) is 0 Å². The molecule has 0 atom stereocenters. The first-order valence-electron chi connectivity index (χ1n) is 4.35. The molecule has 0 aliphatic rings. The van der Waals surface area contributed by atoms with E-state index < -0.39 is 0 Å². The van der Waals surface area contributed by atoms with Crippen molar-refractivity contribution < 1.29 is 0 Å². The lowest BCUT2D eigenvalue weighted by Gasteiger charge is -2.10. The molecule has 0 saturated heterocycles. The molecule has 1 aromatic carbocycles. The molecule has 1 radical (unpaired) electrons. The Morgan fingerprint density at radius 1 is 1.27 bits per heavy atom. The van der Waals surface area contributed by atoms with Crippen molar-refractivity contribution >= 4 is 0 Å². The molecule has 1 rings (SSSR count). The summed E-state index contributed by atoms with van der Waals surface area (Å²) in [6.45, 7) is 4.46. The number of hydrogen-bond donors (Lipinski definition) is 0. The molecule has 11 heavy (non-hydrogen) atoms. The average Bonchev–Trinajstić information content (AvgIpc) is 2.09. The summed E-state index contributed by atoms with van der Waals surface area (Å²) in [5, 5.41) is 0. The van der Waals surface area contributed by atoms with Gasteiger partial charge in [0.1, 0.15) is 0 Å². The molecule has 0 fully saturated rings. The third-order valence-corrected chi connectivity index (χ3v) is 2.16. The number of hydrogen-bond acceptors (Lipinski definition) is 0. The fourth-order valence-electron chi connectivity index (χ4n) is 1.39. The molecular weight excluding hydrogens is 132 g/mol. The van der Waals surface area contributed by atoms with E-state index in [1.54, 1.807) is 0 Å². The predicted octanol–water partition coefficient (Wildman–Crippen LogP) is 3.39. The molecule has 1 aromatic rings. The van der Waals surface area contributed by atoms with E-state index in [4.69, 9.17) is 0 Å². The van der Waals surface area contributed by atoms with Gasteiger partial charge in [-0.1, -0.05) is 38.1 Å². The van der Waals surface area contributed by atoms with Crippen LogP contribution >= 0.6 is 0 Å². The molecule has 0 aliphatic carbocycles. The van der Waals surface area contributed by atoms with Gasteiger partial charge in [-0.2, -0.15) is 0 Å². The van der Waals surface area contributed by atoms with Crippen LogP contribution in [-0.2, 0) is 0 Å². The Hall–Kier alpha value is -0.780. The Balaban J connectivity index is 2.74. The Labute approximate surface area is 69.3 Å². The Bertz CT molecular complexity index is 184. The van der Waals surface area contributed by atoms with Crippen molar-refractivity contribution in [2.24, 2.45) is 0 Å². The van der Waals surface area contributed by atoms with Gasteiger partial charge in [-0.3, -0.25) is 0 Å². The molecule has 59 valence electrons. The fourth-order valence-corrected chi connectivity index (χ4v) is 1.39. The minimum Gasteiger partial charge on any atom is -0.0648 e. The van der Waals surface area contributed by atoms with Crippen molar-refractivity contribution in [3.05, 3.63) is 35.9 Å². The normalized spacial score (nSPS) is 10.5. The summed E-state index contributed by atoms with van der Waals surface area (Å²) in [5.41, 5.74) is 1.36. The number of benzene rings is 1. The van der Waals surface area contributed by atoms with E-state index in [2.05, 4.69) is 32.0 Å². The summed E-state index contributed by atoms with van der Waals surface area (Å²) in [6, 6.07) is 11.5. The maximum absolute atomic E-state index is 3.27. The second-order valence-electron chi connectivity index (χ2n) is 2.83. The van der Waals surface area contributed by atoms with E-state index in [0.29, 0.717) is 5.92 Å². The molecule has 0 heteroatoms. The third-order valence-electron chi connectivity index (χ3n) is 2.16. The molecule has 0 saturated carbocycles. The van der Waals surface area contributed by atoms with Crippen LogP contribution in [0.1, 0.15) is 38.2 Å². The van der Waals surface area contributed by atoms with Gasteiger partial charge in [0.05, 0.1) is 0 Å². The zero-order valence-electron chi connectivity index (χ0n) is 7.30. The van der Waals surface area contributed by atoms with Crippen molar-refractivity contribution in [3.8, 4) is 0 Å². The van der Waals surface area contributed by atoms with Crippen molar-refractivity contribution in [1.82, 2.24) is 0 Å². The summed E-state index contributed by atoms with van der Waals surface area (Å²) in [4.78, 5) is 0. The van der Waals surface area contributed by atoms with Crippen LogP contribution in [-0.4, -0.2) is 0 Å². The minimum atomic E-state index is 0.705. The third kappa shape index (κ3) is 2.07. The lowest BCUT2D eigenvalue weighted by molar-refractivity contribution is 0.641. The van der Waals surface area contributed by atoms with Gasteiger partial charge in [0.2, 0.25) is 0 Å². The van der Waals surface area contributed by atoms with E-state index in [1.807, 2.05) is 12.1 Å². The van der Waals surface area contributed by atoms with Crippen LogP contribution in [0.3, 0.4) is 0 Å². The maximum Gasteiger partial charge on any atom is -0.0146 e. The van der Waals surface area contributed by atoms with Crippen LogP contribution in [0, 0.1) is 6.07 Å². The molecule has 0 spiro atoms. The van der Waals surface area contributed by atoms with Gasteiger partial charge < -0.3 is 0 Å². The van der Waals surface area contributed by atoms with Crippen LogP contribution < -0.4 is 0 Å². The minimum absolute atomic E-state index is 0.705. The van der Waals surface area contributed by atoms with Gasteiger partial charge in [0.15, 0.2) is 0 Å². The zero-order valence-corrected chi connectivity index (χ0v) is 7.30. The quantitative estimate of drug-likeness (QED) is 0.614.